The smallest absolute Gasteiger partial charge is 0.186 e. The summed E-state index contributed by atoms with van der Waals surface area (Å²) in [6.45, 7) is 7.08. The summed E-state index contributed by atoms with van der Waals surface area (Å²) in [4.78, 5) is 0. The van der Waals surface area contributed by atoms with E-state index < -0.39 is 44.4 Å². The quantitative estimate of drug-likeness (QED) is 0.274. The van der Waals surface area contributed by atoms with E-state index in [9.17, 15) is 15.3 Å². The Kier molecular flexibility index (Phi) is 8.97. The highest BCUT2D eigenvalue weighted by atomic mass is 28.3. The van der Waals surface area contributed by atoms with Gasteiger partial charge in [-0.15, -0.1) is 0 Å². The topological polar surface area (TPSA) is 88.4 Å². The molecule has 0 radical (unpaired) electrons. The van der Waals surface area contributed by atoms with Crippen molar-refractivity contribution in [2.75, 3.05) is 13.2 Å². The van der Waals surface area contributed by atoms with Gasteiger partial charge in [-0.3, -0.25) is 0 Å². The predicted molar refractivity (Wildman–Crippen MR) is 146 cm³/mol. The van der Waals surface area contributed by atoms with Crippen molar-refractivity contribution in [1.82, 2.24) is 0 Å². The summed E-state index contributed by atoms with van der Waals surface area (Å²) < 4.78 is 18.6. The maximum Gasteiger partial charge on any atom is 0.186 e. The zero-order valence-electron chi connectivity index (χ0n) is 21.7. The van der Waals surface area contributed by atoms with E-state index in [1.807, 2.05) is 91.0 Å². The van der Waals surface area contributed by atoms with Gasteiger partial charge < -0.3 is 29.5 Å². The number of aliphatic hydroxyl groups is 3. The van der Waals surface area contributed by atoms with E-state index in [0.717, 1.165) is 22.7 Å². The lowest BCUT2D eigenvalue weighted by atomic mass is 9.80. The third kappa shape index (κ3) is 6.38. The first-order valence-electron chi connectivity index (χ1n) is 12.8. The van der Waals surface area contributed by atoms with Gasteiger partial charge in [0, 0.05) is 14.7 Å². The second kappa shape index (κ2) is 12.0. The maximum absolute atomic E-state index is 10.8. The molecule has 1 heterocycles. The second-order valence-electron chi connectivity index (χ2n) is 10.8. The lowest BCUT2D eigenvalue weighted by Gasteiger charge is -2.42. The van der Waals surface area contributed by atoms with E-state index in [1.54, 1.807) is 0 Å². The van der Waals surface area contributed by atoms with Crippen LogP contribution in [-0.4, -0.2) is 67.3 Å². The molecule has 37 heavy (non-hydrogen) atoms. The van der Waals surface area contributed by atoms with E-state index in [0.29, 0.717) is 6.61 Å². The van der Waals surface area contributed by atoms with Gasteiger partial charge in [-0.1, -0.05) is 111 Å². The molecule has 0 aromatic heterocycles. The van der Waals surface area contributed by atoms with Crippen LogP contribution in [0, 0.1) is 0 Å². The number of hydrogen-bond donors (Lipinski definition) is 3. The van der Waals surface area contributed by atoms with Crippen molar-refractivity contribution in [1.29, 1.82) is 0 Å². The number of hydrogen-bond acceptors (Lipinski definition) is 6. The number of rotatable bonds is 10. The van der Waals surface area contributed by atoms with E-state index in [2.05, 4.69) is 19.6 Å². The molecule has 1 aliphatic heterocycles. The number of benzene rings is 3. The van der Waals surface area contributed by atoms with Gasteiger partial charge >= 0.3 is 0 Å². The molecule has 3 aromatic rings. The first kappa shape index (κ1) is 27.7. The fraction of sp³-hybridized carbons (Fsp3) is 0.400. The van der Waals surface area contributed by atoms with Crippen LogP contribution in [0.3, 0.4) is 0 Å². The summed E-state index contributed by atoms with van der Waals surface area (Å²) in [7, 11) is -1.36. The fourth-order valence-electron chi connectivity index (χ4n) is 4.65. The van der Waals surface area contributed by atoms with E-state index >= 15 is 0 Å². The largest absolute Gasteiger partial charge is 0.387 e. The van der Waals surface area contributed by atoms with Crippen LogP contribution in [0.25, 0.3) is 0 Å². The van der Waals surface area contributed by atoms with Crippen molar-refractivity contribution in [3.8, 4) is 0 Å². The SMILES string of the molecule is C[Si](C)(C)CCO[C@H]1O[C@@H](COC(c2ccccc2)(c2ccccc2)c2ccccc2)[C@@H](O)[C@@H](O)[C@@H]1O. The Morgan fingerprint density at radius 2 is 1.16 bits per heavy atom. The Hall–Kier alpha value is -2.36. The minimum atomic E-state index is -1.42. The highest BCUT2D eigenvalue weighted by Crippen LogP contribution is 2.41. The summed E-state index contributed by atoms with van der Waals surface area (Å²) in [6.07, 6.45) is -6.07. The minimum Gasteiger partial charge on any atom is -0.387 e. The third-order valence-corrected chi connectivity index (χ3v) is 8.51. The molecule has 0 spiro atoms. The van der Waals surface area contributed by atoms with E-state index in [4.69, 9.17) is 14.2 Å². The lowest BCUT2D eigenvalue weighted by Crippen LogP contribution is -2.59. The van der Waals surface area contributed by atoms with Gasteiger partial charge in [0.2, 0.25) is 0 Å². The summed E-state index contributed by atoms with van der Waals surface area (Å²) in [5, 5.41) is 32.0. The molecule has 5 atom stereocenters. The average Bonchev–Trinajstić information content (AvgIpc) is 2.91. The molecule has 7 heteroatoms. The molecule has 0 amide bonds. The number of aliphatic hydroxyl groups excluding tert-OH is 3. The maximum atomic E-state index is 10.8. The molecule has 0 bridgehead atoms. The van der Waals surface area contributed by atoms with Gasteiger partial charge in [0.15, 0.2) is 6.29 Å². The van der Waals surface area contributed by atoms with Crippen molar-refractivity contribution in [2.24, 2.45) is 0 Å². The Labute approximate surface area is 220 Å². The molecule has 1 aliphatic rings. The molecule has 1 saturated heterocycles. The first-order valence-corrected chi connectivity index (χ1v) is 16.5. The van der Waals surface area contributed by atoms with E-state index in [-0.39, 0.29) is 6.61 Å². The van der Waals surface area contributed by atoms with Crippen molar-refractivity contribution in [3.63, 3.8) is 0 Å². The van der Waals surface area contributed by atoms with Crippen molar-refractivity contribution in [3.05, 3.63) is 108 Å². The molecule has 3 aromatic carbocycles. The summed E-state index contributed by atoms with van der Waals surface area (Å²) in [5.74, 6) is 0. The summed E-state index contributed by atoms with van der Waals surface area (Å²) in [5.41, 5.74) is 1.76. The molecule has 3 N–H and O–H groups in total. The van der Waals surface area contributed by atoms with Crippen LogP contribution >= 0.6 is 0 Å². The normalized spacial score (nSPS) is 24.6. The van der Waals surface area contributed by atoms with Gasteiger partial charge in [0.05, 0.1) is 6.61 Å². The molecule has 198 valence electrons. The Morgan fingerprint density at radius 3 is 1.59 bits per heavy atom. The standard InChI is InChI=1S/C30H38O6Si/c1-37(2,3)20-19-34-29-28(33)27(32)26(31)25(36-29)21-35-30(22-13-7-4-8-14-22,23-15-9-5-10-16-23)24-17-11-6-12-18-24/h4-18,25-29,31-33H,19-21H2,1-3H3/t25-,26+,27+,28-,29-/m0/s1. The fourth-order valence-corrected chi connectivity index (χ4v) is 5.38. The van der Waals surface area contributed by atoms with Gasteiger partial charge in [0.25, 0.3) is 0 Å². The Bertz CT molecular complexity index is 993. The zero-order valence-corrected chi connectivity index (χ0v) is 22.7. The monoisotopic (exact) mass is 522 g/mol. The molecule has 1 fully saturated rings. The molecule has 4 rings (SSSR count). The van der Waals surface area contributed by atoms with Crippen LogP contribution in [0.2, 0.25) is 25.7 Å². The molecule has 0 unspecified atom stereocenters. The van der Waals surface area contributed by atoms with Crippen molar-refractivity contribution < 1.29 is 29.5 Å². The third-order valence-electron chi connectivity index (χ3n) is 6.81. The van der Waals surface area contributed by atoms with Gasteiger partial charge in [-0.25, -0.2) is 0 Å². The molecular formula is C30H38O6Si. The van der Waals surface area contributed by atoms with Crippen LogP contribution in [0.5, 0.6) is 0 Å². The summed E-state index contributed by atoms with van der Waals surface area (Å²) >= 11 is 0. The lowest BCUT2D eigenvalue weighted by molar-refractivity contribution is -0.304. The highest BCUT2D eigenvalue weighted by molar-refractivity contribution is 6.76. The van der Waals surface area contributed by atoms with Crippen LogP contribution in [0.15, 0.2) is 91.0 Å². The molecular weight excluding hydrogens is 484 g/mol. The Morgan fingerprint density at radius 1 is 0.703 bits per heavy atom. The van der Waals surface area contributed by atoms with Crippen LogP contribution in [0.4, 0.5) is 0 Å². The van der Waals surface area contributed by atoms with Gasteiger partial charge in [-0.05, 0) is 22.7 Å². The van der Waals surface area contributed by atoms with Crippen LogP contribution in [0.1, 0.15) is 16.7 Å². The minimum absolute atomic E-state index is 0.0441. The van der Waals surface area contributed by atoms with Gasteiger partial charge in [0.1, 0.15) is 30.0 Å². The Balaban J connectivity index is 1.65. The van der Waals surface area contributed by atoms with Crippen molar-refractivity contribution >= 4 is 8.07 Å². The zero-order chi connectivity index (χ0) is 26.5. The molecule has 0 saturated carbocycles. The van der Waals surface area contributed by atoms with Gasteiger partial charge in [-0.2, -0.15) is 0 Å². The molecule has 6 nitrogen and oxygen atoms in total. The van der Waals surface area contributed by atoms with Crippen molar-refractivity contribution in [2.45, 2.75) is 62.0 Å². The van der Waals surface area contributed by atoms with Crippen LogP contribution < -0.4 is 0 Å². The number of ether oxygens (including phenoxy) is 3. The first-order chi connectivity index (χ1) is 17.7. The summed E-state index contributed by atoms with van der Waals surface area (Å²) in [6, 6.07) is 30.6. The van der Waals surface area contributed by atoms with E-state index in [1.165, 1.54) is 0 Å². The molecule has 0 aliphatic carbocycles. The predicted octanol–water partition coefficient (Wildman–Crippen LogP) is 4.16. The second-order valence-corrected chi connectivity index (χ2v) is 16.4. The average molecular weight is 523 g/mol. The van der Waals surface area contributed by atoms with Crippen LogP contribution in [-0.2, 0) is 19.8 Å². The highest BCUT2D eigenvalue weighted by Gasteiger charge is 2.46.